The Morgan fingerprint density at radius 3 is 2.56 bits per heavy atom. The summed E-state index contributed by atoms with van der Waals surface area (Å²) in [6.45, 7) is 4.34. The van der Waals surface area contributed by atoms with E-state index >= 15 is 0 Å². The summed E-state index contributed by atoms with van der Waals surface area (Å²) >= 11 is 5.93. The number of amides is 2. The number of carbonyl (C=O) groups is 1. The number of rotatable bonds is 5. The van der Waals surface area contributed by atoms with Gasteiger partial charge in [0.15, 0.2) is 5.82 Å². The van der Waals surface area contributed by atoms with Crippen molar-refractivity contribution in [1.82, 2.24) is 20.2 Å². The van der Waals surface area contributed by atoms with E-state index in [1.807, 2.05) is 0 Å². The summed E-state index contributed by atoms with van der Waals surface area (Å²) in [6.07, 6.45) is 0.495. The third-order valence-corrected chi connectivity index (χ3v) is 5.76. The van der Waals surface area contributed by atoms with Crippen molar-refractivity contribution in [2.45, 2.75) is 13.0 Å². The van der Waals surface area contributed by atoms with E-state index in [0.29, 0.717) is 30.0 Å². The van der Waals surface area contributed by atoms with Crippen LogP contribution in [0.25, 0.3) is 11.3 Å². The Morgan fingerprint density at radius 1 is 1.18 bits per heavy atom. The molecule has 1 atom stereocenters. The maximum atomic E-state index is 14.2. The zero-order valence-corrected chi connectivity index (χ0v) is 19.1. The fourth-order valence-electron chi connectivity index (χ4n) is 3.54. The van der Waals surface area contributed by atoms with Crippen LogP contribution in [0.15, 0.2) is 42.6 Å². The third kappa shape index (κ3) is 5.18. The highest BCUT2D eigenvalue weighted by Crippen LogP contribution is 2.33. The molecule has 0 bridgehead atoms. The van der Waals surface area contributed by atoms with E-state index in [4.69, 9.17) is 22.1 Å². The number of nitrogens with zero attached hydrogens (tertiary/aromatic N) is 3. The average Bonchev–Trinajstić information content (AvgIpc) is 2.84. The number of ether oxygens (including phenoxy) is 1. The molecule has 1 fully saturated rings. The SMILES string of the molecule is CC(Oc1nc(-c2ccc(NC(=O)N3CCNCC3)cc2)cnc1N)c1c(F)ccc(F)c1Cl. The molecule has 2 amide bonds. The van der Waals surface area contributed by atoms with Crippen molar-refractivity contribution >= 4 is 29.1 Å². The fraction of sp³-hybridized carbons (Fsp3) is 0.261. The first kappa shape index (κ1) is 23.7. The minimum Gasteiger partial charge on any atom is -0.467 e. The number of benzene rings is 2. The van der Waals surface area contributed by atoms with Crippen LogP contribution in [0.2, 0.25) is 5.02 Å². The Bertz CT molecular complexity index is 1190. The van der Waals surface area contributed by atoms with Crippen molar-refractivity contribution in [1.29, 1.82) is 0 Å². The standard InChI is InChI=1S/C23H23ClF2N6O2/c1-13(19-16(25)6-7-17(26)20(19)24)34-22-21(27)29-12-18(31-22)14-2-4-15(5-3-14)30-23(33)32-10-8-28-9-11-32/h2-7,12-13,28H,8-11H2,1H3,(H2,27,29)(H,30,33). The molecule has 1 unspecified atom stereocenters. The van der Waals surface area contributed by atoms with Gasteiger partial charge in [0.05, 0.1) is 16.9 Å². The van der Waals surface area contributed by atoms with Crippen molar-refractivity contribution in [2.24, 2.45) is 0 Å². The zero-order chi connectivity index (χ0) is 24.2. The van der Waals surface area contributed by atoms with Crippen LogP contribution in [0.1, 0.15) is 18.6 Å². The van der Waals surface area contributed by atoms with Crippen LogP contribution in [-0.2, 0) is 0 Å². The van der Waals surface area contributed by atoms with Gasteiger partial charge in [-0.05, 0) is 31.2 Å². The van der Waals surface area contributed by atoms with E-state index in [9.17, 15) is 13.6 Å². The van der Waals surface area contributed by atoms with Gasteiger partial charge in [0, 0.05) is 43.0 Å². The number of urea groups is 1. The summed E-state index contributed by atoms with van der Waals surface area (Å²) < 4.78 is 33.7. The second-order valence-electron chi connectivity index (χ2n) is 7.71. The molecule has 4 rings (SSSR count). The van der Waals surface area contributed by atoms with Crippen LogP contribution in [0.5, 0.6) is 5.88 Å². The Morgan fingerprint density at radius 2 is 1.85 bits per heavy atom. The number of hydrogen-bond donors (Lipinski definition) is 3. The van der Waals surface area contributed by atoms with Gasteiger partial charge >= 0.3 is 6.03 Å². The molecule has 2 aromatic carbocycles. The van der Waals surface area contributed by atoms with Crippen LogP contribution in [0.3, 0.4) is 0 Å². The van der Waals surface area contributed by atoms with Crippen LogP contribution >= 0.6 is 11.6 Å². The number of nitrogen functional groups attached to an aromatic ring is 1. The molecule has 178 valence electrons. The molecule has 0 saturated carbocycles. The zero-order valence-electron chi connectivity index (χ0n) is 18.3. The van der Waals surface area contributed by atoms with Crippen LogP contribution in [0.4, 0.5) is 25.1 Å². The Balaban J connectivity index is 1.49. The van der Waals surface area contributed by atoms with Gasteiger partial charge in [0.25, 0.3) is 5.88 Å². The lowest BCUT2D eigenvalue weighted by Gasteiger charge is -2.27. The van der Waals surface area contributed by atoms with E-state index in [-0.39, 0.29) is 28.3 Å². The predicted octanol–water partition coefficient (Wildman–Crippen LogP) is 4.23. The second kappa shape index (κ2) is 10.2. The van der Waals surface area contributed by atoms with Crippen molar-refractivity contribution in [3.63, 3.8) is 0 Å². The Labute approximate surface area is 200 Å². The van der Waals surface area contributed by atoms with Crippen molar-refractivity contribution < 1.29 is 18.3 Å². The number of aromatic nitrogens is 2. The first-order chi connectivity index (χ1) is 16.3. The molecule has 0 aliphatic carbocycles. The van der Waals surface area contributed by atoms with Crippen molar-refractivity contribution in [3.8, 4) is 17.1 Å². The number of carbonyl (C=O) groups excluding carboxylic acids is 1. The lowest BCUT2D eigenvalue weighted by atomic mass is 10.1. The number of nitrogens with two attached hydrogens (primary N) is 1. The summed E-state index contributed by atoms with van der Waals surface area (Å²) in [4.78, 5) is 22.6. The number of hydrogen-bond acceptors (Lipinski definition) is 6. The Kier molecular flexibility index (Phi) is 7.09. The van der Waals surface area contributed by atoms with Crippen LogP contribution in [-0.4, -0.2) is 47.1 Å². The molecule has 0 spiro atoms. The van der Waals surface area contributed by atoms with Gasteiger partial charge in [-0.15, -0.1) is 0 Å². The first-order valence-corrected chi connectivity index (χ1v) is 11.0. The molecule has 8 nitrogen and oxygen atoms in total. The molecule has 3 aromatic rings. The molecule has 0 radical (unpaired) electrons. The molecular formula is C23H23ClF2N6O2. The molecule has 11 heteroatoms. The summed E-state index contributed by atoms with van der Waals surface area (Å²) in [5.41, 5.74) is 7.53. The van der Waals surface area contributed by atoms with Gasteiger partial charge in [0.1, 0.15) is 17.7 Å². The predicted molar refractivity (Wildman–Crippen MR) is 126 cm³/mol. The Hall–Kier alpha value is -3.50. The lowest BCUT2D eigenvalue weighted by Crippen LogP contribution is -2.48. The summed E-state index contributed by atoms with van der Waals surface area (Å²) in [5.74, 6) is -1.52. The highest BCUT2D eigenvalue weighted by Gasteiger charge is 2.22. The van der Waals surface area contributed by atoms with E-state index in [1.165, 1.54) is 13.1 Å². The summed E-state index contributed by atoms with van der Waals surface area (Å²) in [6, 6.07) is 8.79. The van der Waals surface area contributed by atoms with E-state index in [0.717, 1.165) is 25.2 Å². The normalized spacial score (nSPS) is 14.5. The minimum absolute atomic E-state index is 0.0107. The molecule has 4 N–H and O–H groups in total. The molecule has 1 aliphatic heterocycles. The van der Waals surface area contributed by atoms with Crippen LogP contribution < -0.4 is 21.1 Å². The van der Waals surface area contributed by atoms with E-state index < -0.39 is 17.7 Å². The number of halogens is 3. The minimum atomic E-state index is -0.974. The van der Waals surface area contributed by atoms with Gasteiger partial charge in [-0.3, -0.25) is 0 Å². The highest BCUT2D eigenvalue weighted by molar-refractivity contribution is 6.31. The number of piperazine rings is 1. The highest BCUT2D eigenvalue weighted by atomic mass is 35.5. The summed E-state index contributed by atoms with van der Waals surface area (Å²) in [5, 5.41) is 5.70. The van der Waals surface area contributed by atoms with Gasteiger partial charge in [-0.25, -0.2) is 23.5 Å². The topological polar surface area (TPSA) is 105 Å². The van der Waals surface area contributed by atoms with Crippen LogP contribution in [0, 0.1) is 11.6 Å². The van der Waals surface area contributed by atoms with E-state index in [2.05, 4.69) is 20.6 Å². The molecule has 2 heterocycles. The quantitative estimate of drug-likeness (QED) is 0.464. The lowest BCUT2D eigenvalue weighted by molar-refractivity contribution is 0.204. The van der Waals surface area contributed by atoms with Crippen molar-refractivity contribution in [3.05, 3.63) is 64.8 Å². The monoisotopic (exact) mass is 488 g/mol. The van der Waals surface area contributed by atoms with Gasteiger partial charge in [0.2, 0.25) is 0 Å². The largest absolute Gasteiger partial charge is 0.467 e. The second-order valence-corrected chi connectivity index (χ2v) is 8.09. The molecule has 1 aromatic heterocycles. The smallest absolute Gasteiger partial charge is 0.321 e. The number of nitrogens with one attached hydrogen (secondary N) is 2. The first-order valence-electron chi connectivity index (χ1n) is 10.6. The maximum Gasteiger partial charge on any atom is 0.321 e. The maximum absolute atomic E-state index is 14.2. The fourth-order valence-corrected chi connectivity index (χ4v) is 3.85. The average molecular weight is 489 g/mol. The molecule has 1 aliphatic rings. The van der Waals surface area contributed by atoms with Gasteiger partial charge < -0.3 is 26.0 Å². The molecule has 34 heavy (non-hydrogen) atoms. The third-order valence-electron chi connectivity index (χ3n) is 5.38. The van der Waals surface area contributed by atoms with Gasteiger partial charge in [-0.2, -0.15) is 0 Å². The molecular weight excluding hydrogens is 466 g/mol. The number of anilines is 2. The van der Waals surface area contributed by atoms with E-state index in [1.54, 1.807) is 29.2 Å². The van der Waals surface area contributed by atoms with Gasteiger partial charge in [-0.1, -0.05) is 23.7 Å². The van der Waals surface area contributed by atoms with Crippen molar-refractivity contribution in [2.75, 3.05) is 37.2 Å². The molecule has 1 saturated heterocycles. The summed E-state index contributed by atoms with van der Waals surface area (Å²) in [7, 11) is 0.